The molecule has 2 N–H and O–H groups in total. The maximum atomic E-state index is 13.1. The molecule has 0 radical (unpaired) electrons. The first-order valence-corrected chi connectivity index (χ1v) is 6.05. The molecule has 0 aromatic heterocycles. The number of halogens is 1. The van der Waals surface area contributed by atoms with Gasteiger partial charge in [0, 0.05) is 18.3 Å². The van der Waals surface area contributed by atoms with Gasteiger partial charge in [-0.15, -0.1) is 0 Å². The number of ether oxygens (including phenoxy) is 1. The summed E-state index contributed by atoms with van der Waals surface area (Å²) in [5.74, 6) is -0.883. The van der Waals surface area contributed by atoms with Crippen LogP contribution in [0.4, 0.5) is 15.8 Å². The molecule has 2 aromatic carbocycles. The number of phenolic OH excluding ortho intramolecular Hbond substituents is 1. The number of nitrogens with one attached hydrogen (secondary N) is 1. The lowest BCUT2D eigenvalue weighted by Crippen LogP contribution is -2.01. The fraction of sp³-hybridized carbons (Fsp3) is 0.143. The fourth-order valence-electron chi connectivity index (χ4n) is 1.85. The van der Waals surface area contributed by atoms with Gasteiger partial charge in [-0.05, 0) is 29.8 Å². The summed E-state index contributed by atoms with van der Waals surface area (Å²) >= 11 is 0. The first-order chi connectivity index (χ1) is 10.0. The predicted molar refractivity (Wildman–Crippen MR) is 75.0 cm³/mol. The van der Waals surface area contributed by atoms with Crippen molar-refractivity contribution in [3.05, 3.63) is 57.9 Å². The van der Waals surface area contributed by atoms with E-state index < -0.39 is 16.4 Å². The van der Waals surface area contributed by atoms with E-state index in [4.69, 9.17) is 4.74 Å². The molecule has 2 rings (SSSR count). The van der Waals surface area contributed by atoms with Crippen molar-refractivity contribution >= 4 is 11.4 Å². The Morgan fingerprint density at radius 3 is 2.76 bits per heavy atom. The minimum Gasteiger partial charge on any atom is -0.500 e. The van der Waals surface area contributed by atoms with Crippen LogP contribution in [-0.4, -0.2) is 17.1 Å². The lowest BCUT2D eigenvalue weighted by atomic mass is 10.1. The molecule has 0 saturated carbocycles. The predicted octanol–water partition coefficient (Wildman–Crippen LogP) is 3.06. The highest BCUT2D eigenvalue weighted by molar-refractivity contribution is 5.57. The molecular formula is C14H13FN2O4. The Morgan fingerprint density at radius 1 is 1.38 bits per heavy atom. The highest BCUT2D eigenvalue weighted by atomic mass is 19.1. The van der Waals surface area contributed by atoms with Gasteiger partial charge in [0.1, 0.15) is 5.82 Å². The molecule has 0 aliphatic rings. The molecule has 21 heavy (non-hydrogen) atoms. The molecule has 0 spiro atoms. The number of nitro benzene ring substituents is 1. The first kappa shape index (κ1) is 14.6. The van der Waals surface area contributed by atoms with E-state index in [1.165, 1.54) is 31.4 Å². The summed E-state index contributed by atoms with van der Waals surface area (Å²) in [4.78, 5) is 10.2. The standard InChI is InChI=1S/C14H13FN2O4/c1-21-13-6-9(5-12(14(13)18)17(19)20)8-16-11-4-2-3-10(15)7-11/h2-7,16,18H,8H2,1H3. The topological polar surface area (TPSA) is 84.6 Å². The number of nitrogens with zero attached hydrogens (tertiary/aromatic N) is 1. The molecule has 0 aliphatic carbocycles. The van der Waals surface area contributed by atoms with E-state index in [0.29, 0.717) is 11.3 Å². The average molecular weight is 292 g/mol. The van der Waals surface area contributed by atoms with Gasteiger partial charge < -0.3 is 15.2 Å². The van der Waals surface area contributed by atoms with Gasteiger partial charge in [0.25, 0.3) is 0 Å². The largest absolute Gasteiger partial charge is 0.500 e. The van der Waals surface area contributed by atoms with Crippen LogP contribution in [0.5, 0.6) is 11.5 Å². The first-order valence-electron chi connectivity index (χ1n) is 6.05. The van der Waals surface area contributed by atoms with Crippen LogP contribution in [0.25, 0.3) is 0 Å². The highest BCUT2D eigenvalue weighted by Gasteiger charge is 2.19. The molecule has 0 fully saturated rings. The van der Waals surface area contributed by atoms with Gasteiger partial charge in [-0.3, -0.25) is 10.1 Å². The Hall–Kier alpha value is -2.83. The van der Waals surface area contributed by atoms with Crippen LogP contribution >= 0.6 is 0 Å². The maximum Gasteiger partial charge on any atom is 0.315 e. The fourth-order valence-corrected chi connectivity index (χ4v) is 1.85. The molecule has 0 aliphatic heterocycles. The second kappa shape index (κ2) is 6.08. The van der Waals surface area contributed by atoms with Crippen LogP contribution in [-0.2, 0) is 6.54 Å². The highest BCUT2D eigenvalue weighted by Crippen LogP contribution is 2.37. The lowest BCUT2D eigenvalue weighted by molar-refractivity contribution is -0.386. The molecular weight excluding hydrogens is 279 g/mol. The Labute approximate surface area is 119 Å². The number of nitro groups is 1. The maximum absolute atomic E-state index is 13.1. The summed E-state index contributed by atoms with van der Waals surface area (Å²) in [5.41, 5.74) is 0.635. The van der Waals surface area contributed by atoms with Gasteiger partial charge >= 0.3 is 5.69 Å². The number of anilines is 1. The van der Waals surface area contributed by atoms with E-state index in [0.717, 1.165) is 0 Å². The van der Waals surface area contributed by atoms with E-state index in [-0.39, 0.29) is 18.1 Å². The Morgan fingerprint density at radius 2 is 2.14 bits per heavy atom. The molecule has 7 heteroatoms. The van der Waals surface area contributed by atoms with Crippen molar-refractivity contribution in [1.29, 1.82) is 0 Å². The molecule has 0 unspecified atom stereocenters. The van der Waals surface area contributed by atoms with E-state index in [9.17, 15) is 19.6 Å². The summed E-state index contributed by atoms with van der Waals surface area (Å²) < 4.78 is 18.0. The van der Waals surface area contributed by atoms with Gasteiger partial charge in [0.05, 0.1) is 12.0 Å². The van der Waals surface area contributed by atoms with Crippen molar-refractivity contribution in [2.45, 2.75) is 6.54 Å². The number of aromatic hydroxyl groups is 1. The van der Waals surface area contributed by atoms with Crippen LogP contribution in [0.15, 0.2) is 36.4 Å². The van der Waals surface area contributed by atoms with Crippen molar-refractivity contribution < 1.29 is 19.2 Å². The number of rotatable bonds is 5. The van der Waals surface area contributed by atoms with Crippen LogP contribution < -0.4 is 10.1 Å². The Kier molecular flexibility index (Phi) is 4.22. The van der Waals surface area contributed by atoms with Gasteiger partial charge in [-0.25, -0.2) is 4.39 Å². The Balaban J connectivity index is 2.24. The summed E-state index contributed by atoms with van der Waals surface area (Å²) in [7, 11) is 1.31. The van der Waals surface area contributed by atoms with Gasteiger partial charge in [-0.1, -0.05) is 6.07 Å². The third-order valence-electron chi connectivity index (χ3n) is 2.85. The van der Waals surface area contributed by atoms with Gasteiger partial charge in [0.2, 0.25) is 5.75 Å². The molecule has 0 amide bonds. The second-order valence-electron chi connectivity index (χ2n) is 4.29. The van der Waals surface area contributed by atoms with E-state index in [2.05, 4.69) is 5.32 Å². The molecule has 0 heterocycles. The van der Waals surface area contributed by atoms with E-state index >= 15 is 0 Å². The SMILES string of the molecule is COc1cc(CNc2cccc(F)c2)cc([N+](=O)[O-])c1O. The average Bonchev–Trinajstić information content (AvgIpc) is 2.46. The summed E-state index contributed by atoms with van der Waals surface area (Å²) in [6.45, 7) is 0.223. The zero-order chi connectivity index (χ0) is 15.4. The normalized spacial score (nSPS) is 10.2. The summed E-state index contributed by atoms with van der Waals surface area (Å²) in [6.07, 6.45) is 0. The van der Waals surface area contributed by atoms with Crippen molar-refractivity contribution in [2.24, 2.45) is 0 Å². The molecule has 0 saturated heterocycles. The number of phenols is 1. The second-order valence-corrected chi connectivity index (χ2v) is 4.29. The third kappa shape index (κ3) is 3.38. The number of hydrogen-bond acceptors (Lipinski definition) is 5. The minimum absolute atomic E-state index is 0.0141. The molecule has 6 nitrogen and oxygen atoms in total. The third-order valence-corrected chi connectivity index (χ3v) is 2.85. The zero-order valence-electron chi connectivity index (χ0n) is 11.2. The van der Waals surface area contributed by atoms with Crippen molar-refractivity contribution in [1.82, 2.24) is 0 Å². The zero-order valence-corrected chi connectivity index (χ0v) is 11.2. The quantitative estimate of drug-likeness (QED) is 0.653. The summed E-state index contributed by atoms with van der Waals surface area (Å²) in [5, 5.41) is 23.5. The smallest absolute Gasteiger partial charge is 0.315 e. The molecule has 110 valence electrons. The molecule has 0 bridgehead atoms. The van der Waals surface area contributed by atoms with Crippen molar-refractivity contribution in [3.63, 3.8) is 0 Å². The van der Waals surface area contributed by atoms with Crippen molar-refractivity contribution in [3.8, 4) is 11.5 Å². The van der Waals surface area contributed by atoms with Crippen LogP contribution in [0.1, 0.15) is 5.56 Å². The van der Waals surface area contributed by atoms with Gasteiger partial charge in [-0.2, -0.15) is 0 Å². The van der Waals surface area contributed by atoms with Crippen molar-refractivity contribution in [2.75, 3.05) is 12.4 Å². The number of hydrogen-bond donors (Lipinski definition) is 2. The van der Waals surface area contributed by atoms with Gasteiger partial charge in [0.15, 0.2) is 5.75 Å². The molecule has 0 atom stereocenters. The summed E-state index contributed by atoms with van der Waals surface area (Å²) in [6, 6.07) is 8.58. The van der Waals surface area contributed by atoms with Crippen LogP contribution in [0, 0.1) is 15.9 Å². The van der Waals surface area contributed by atoms with E-state index in [1.54, 1.807) is 12.1 Å². The Bertz CT molecular complexity index is 676. The lowest BCUT2D eigenvalue weighted by Gasteiger charge is -2.09. The number of benzene rings is 2. The minimum atomic E-state index is -0.691. The molecule has 2 aromatic rings. The number of methoxy groups -OCH3 is 1. The van der Waals surface area contributed by atoms with E-state index in [1.807, 2.05) is 0 Å². The monoisotopic (exact) mass is 292 g/mol. The van der Waals surface area contributed by atoms with Crippen LogP contribution in [0.3, 0.4) is 0 Å². The van der Waals surface area contributed by atoms with Crippen LogP contribution in [0.2, 0.25) is 0 Å².